The number of rotatable bonds is 10. The molecule has 20 aromatic rings. The molecule has 100 heavy (non-hydrogen) atoms. The Morgan fingerprint density at radius 1 is 0.150 bits per heavy atom. The van der Waals surface area contributed by atoms with E-state index in [2.05, 4.69) is 249 Å². The summed E-state index contributed by atoms with van der Waals surface area (Å²) in [6.45, 7) is 0. The Kier molecular flexibility index (Phi) is 14.0. The molecule has 10 heteroatoms. The average Bonchev–Trinajstić information content (AvgIpc) is 1.57. The van der Waals surface area contributed by atoms with Crippen LogP contribution in [0, 0.1) is 0 Å². The van der Waals surface area contributed by atoms with Crippen LogP contribution in [0.3, 0.4) is 0 Å². The number of hydrogen-bond donors (Lipinski definition) is 0. The Labute approximate surface area is 575 Å². The van der Waals surface area contributed by atoms with Crippen LogP contribution < -0.4 is 0 Å². The van der Waals surface area contributed by atoms with Gasteiger partial charge in [-0.05, 0) is 121 Å². The van der Waals surface area contributed by atoms with E-state index in [1.165, 1.54) is 70.7 Å². The maximum absolute atomic E-state index is 4.95. The Hall–Kier alpha value is -13.7. The van der Waals surface area contributed by atoms with E-state index in [0.29, 0.717) is 34.9 Å². The molecule has 6 heterocycles. The molecule has 0 saturated carbocycles. The Balaban J connectivity index is 0.000000139. The van der Waals surface area contributed by atoms with E-state index in [1.54, 1.807) is 0 Å². The van der Waals surface area contributed by atoms with Crippen molar-refractivity contribution in [3.8, 4) is 91.1 Å². The fourth-order valence-corrected chi connectivity index (χ4v) is 14.6. The van der Waals surface area contributed by atoms with Crippen molar-refractivity contribution in [3.05, 3.63) is 352 Å². The second kappa shape index (κ2) is 24.2. The average molecular weight is 1280 g/mol. The van der Waals surface area contributed by atoms with Crippen LogP contribution in [0.15, 0.2) is 352 Å². The standard InChI is InChI=1S/2C45H29N5/c1-4-14-30(15-5-1)43-46-44(31-16-6-2-7-17-31)48-45(47-43)32-24-26-34(27-25-32)50-40-23-13-11-21-36(40)38-28-37-35-20-10-12-22-39(35)49(41(37)29-42(38)50)33-18-8-3-9-19-33;1-4-14-30(15-5-1)43-46-44(31-16-6-2-7-17-31)48-45(47-43)32-24-26-34(27-25-32)50-38-23-13-11-21-36(38)42-40(50)29-28-39-41(42)35-20-10-12-22-37(35)49(39)33-18-8-3-9-19-33/h2*1-29H. The van der Waals surface area contributed by atoms with Crippen molar-refractivity contribution in [2.75, 3.05) is 0 Å². The molecule has 0 unspecified atom stereocenters. The molecule has 0 aliphatic heterocycles. The molecule has 0 saturated heterocycles. The predicted octanol–water partition coefficient (Wildman–Crippen LogP) is 22.1. The number of nitrogens with zero attached hydrogens (tertiary/aromatic N) is 10. The molecule has 10 nitrogen and oxygen atoms in total. The van der Waals surface area contributed by atoms with Crippen LogP contribution in [0.5, 0.6) is 0 Å². The quantitative estimate of drug-likeness (QED) is 0.135. The number of fused-ring (bicyclic) bond motifs is 13. The summed E-state index contributed by atoms with van der Waals surface area (Å²) < 4.78 is 9.51. The van der Waals surface area contributed by atoms with E-state index in [1.807, 2.05) is 121 Å². The van der Waals surface area contributed by atoms with Gasteiger partial charge in [-0.25, -0.2) is 29.9 Å². The highest BCUT2D eigenvalue weighted by Crippen LogP contribution is 2.44. The summed E-state index contributed by atoms with van der Waals surface area (Å²) in [4.78, 5) is 29.5. The topological polar surface area (TPSA) is 97.1 Å². The van der Waals surface area contributed by atoms with Gasteiger partial charge in [-0.15, -0.1) is 0 Å². The molecular weight excluding hydrogens is 1220 g/mol. The van der Waals surface area contributed by atoms with Gasteiger partial charge in [0, 0.05) is 99.2 Å². The first-order chi connectivity index (χ1) is 49.6. The number of para-hydroxylation sites is 6. The molecule has 0 spiro atoms. The fourth-order valence-electron chi connectivity index (χ4n) is 14.6. The van der Waals surface area contributed by atoms with Gasteiger partial charge in [0.1, 0.15) is 0 Å². The van der Waals surface area contributed by atoms with Gasteiger partial charge < -0.3 is 18.3 Å². The highest BCUT2D eigenvalue weighted by atomic mass is 15.1. The molecule has 14 aromatic carbocycles. The SMILES string of the molecule is c1ccc(-c2nc(-c3ccccc3)nc(-c3ccc(-n4c5ccccc5c5c6c7ccccc7n(-c7ccccc7)c6ccc54)cc3)n2)cc1.c1ccc(-c2nc(-c3ccccc3)nc(-c3ccc(-n4c5ccccc5c5cc6c7ccccc7n(-c7ccccc7)c6cc54)cc3)n2)cc1. The summed E-state index contributed by atoms with van der Waals surface area (Å²) in [6, 6.07) is 123. The van der Waals surface area contributed by atoms with Crippen LogP contribution in [0.4, 0.5) is 0 Å². The summed E-state index contributed by atoms with van der Waals surface area (Å²) in [5.41, 5.74) is 19.5. The third kappa shape index (κ3) is 9.88. The molecule has 0 atom stereocenters. The lowest BCUT2D eigenvalue weighted by atomic mass is 10.1. The Bertz CT molecular complexity index is 6350. The molecule has 0 N–H and O–H groups in total. The van der Waals surface area contributed by atoms with E-state index in [0.717, 1.165) is 72.7 Å². The van der Waals surface area contributed by atoms with Gasteiger partial charge in [0.25, 0.3) is 0 Å². The van der Waals surface area contributed by atoms with Crippen LogP contribution >= 0.6 is 0 Å². The largest absolute Gasteiger partial charge is 0.309 e. The molecule has 0 radical (unpaired) electrons. The number of hydrogen-bond acceptors (Lipinski definition) is 6. The van der Waals surface area contributed by atoms with Crippen LogP contribution in [0.1, 0.15) is 0 Å². The van der Waals surface area contributed by atoms with Gasteiger partial charge >= 0.3 is 0 Å². The minimum atomic E-state index is 0.639. The van der Waals surface area contributed by atoms with Crippen molar-refractivity contribution in [3.63, 3.8) is 0 Å². The zero-order valence-corrected chi connectivity index (χ0v) is 54.0. The molecule has 0 bridgehead atoms. The monoisotopic (exact) mass is 1280 g/mol. The third-order valence-electron chi connectivity index (χ3n) is 19.1. The summed E-state index contributed by atoms with van der Waals surface area (Å²) in [5.74, 6) is 3.89. The van der Waals surface area contributed by atoms with Crippen LogP contribution in [-0.4, -0.2) is 48.2 Å². The van der Waals surface area contributed by atoms with E-state index in [4.69, 9.17) is 29.9 Å². The lowest BCUT2D eigenvalue weighted by Gasteiger charge is -2.11. The first-order valence-electron chi connectivity index (χ1n) is 33.6. The normalized spacial score (nSPS) is 11.6. The third-order valence-corrected chi connectivity index (χ3v) is 19.1. The van der Waals surface area contributed by atoms with Crippen LogP contribution in [0.2, 0.25) is 0 Å². The molecule has 0 fully saturated rings. The lowest BCUT2D eigenvalue weighted by Crippen LogP contribution is -2.00. The molecular formula is C90H58N10. The molecule has 20 rings (SSSR count). The highest BCUT2D eigenvalue weighted by Gasteiger charge is 2.23. The van der Waals surface area contributed by atoms with Crippen molar-refractivity contribution in [1.29, 1.82) is 0 Å². The minimum Gasteiger partial charge on any atom is -0.309 e. The summed E-state index contributed by atoms with van der Waals surface area (Å²) in [5, 5.41) is 9.93. The molecule has 0 amide bonds. The molecule has 468 valence electrons. The molecule has 6 aromatic heterocycles. The minimum absolute atomic E-state index is 0.639. The maximum atomic E-state index is 4.95. The van der Waals surface area contributed by atoms with Gasteiger partial charge in [0.15, 0.2) is 34.9 Å². The summed E-state index contributed by atoms with van der Waals surface area (Å²) in [6.07, 6.45) is 0. The Morgan fingerprint density at radius 2 is 0.380 bits per heavy atom. The van der Waals surface area contributed by atoms with E-state index >= 15 is 0 Å². The van der Waals surface area contributed by atoms with Crippen molar-refractivity contribution in [1.82, 2.24) is 48.2 Å². The van der Waals surface area contributed by atoms with Gasteiger partial charge in [-0.3, -0.25) is 0 Å². The Morgan fingerprint density at radius 3 is 0.690 bits per heavy atom. The van der Waals surface area contributed by atoms with E-state index < -0.39 is 0 Å². The first kappa shape index (κ1) is 57.7. The predicted molar refractivity (Wildman–Crippen MR) is 410 cm³/mol. The van der Waals surface area contributed by atoms with Crippen LogP contribution in [-0.2, 0) is 0 Å². The second-order valence-electron chi connectivity index (χ2n) is 25.0. The van der Waals surface area contributed by atoms with Crippen LogP contribution in [0.25, 0.3) is 178 Å². The van der Waals surface area contributed by atoms with E-state index in [-0.39, 0.29) is 0 Å². The maximum Gasteiger partial charge on any atom is 0.164 e. The zero-order chi connectivity index (χ0) is 66.0. The fraction of sp³-hybridized carbons (Fsp3) is 0. The van der Waals surface area contributed by atoms with Gasteiger partial charge in [0.05, 0.1) is 44.1 Å². The lowest BCUT2D eigenvalue weighted by molar-refractivity contribution is 1.07. The summed E-state index contributed by atoms with van der Waals surface area (Å²) >= 11 is 0. The van der Waals surface area contributed by atoms with Gasteiger partial charge in [-0.1, -0.05) is 231 Å². The van der Waals surface area contributed by atoms with Crippen molar-refractivity contribution in [2.24, 2.45) is 0 Å². The first-order valence-corrected chi connectivity index (χ1v) is 33.6. The van der Waals surface area contributed by atoms with Gasteiger partial charge in [-0.2, -0.15) is 0 Å². The number of benzene rings is 14. The summed E-state index contributed by atoms with van der Waals surface area (Å²) in [7, 11) is 0. The van der Waals surface area contributed by atoms with Crippen molar-refractivity contribution < 1.29 is 0 Å². The van der Waals surface area contributed by atoms with E-state index in [9.17, 15) is 0 Å². The van der Waals surface area contributed by atoms with Gasteiger partial charge in [0.2, 0.25) is 0 Å². The number of aromatic nitrogens is 10. The van der Waals surface area contributed by atoms with Crippen molar-refractivity contribution >= 4 is 87.2 Å². The molecule has 0 aliphatic rings. The highest BCUT2D eigenvalue weighted by molar-refractivity contribution is 6.29. The second-order valence-corrected chi connectivity index (χ2v) is 25.0. The van der Waals surface area contributed by atoms with Crippen molar-refractivity contribution in [2.45, 2.75) is 0 Å². The smallest absolute Gasteiger partial charge is 0.164 e. The zero-order valence-electron chi connectivity index (χ0n) is 54.0. The molecule has 0 aliphatic carbocycles.